The average molecular weight is 338 g/mol. The van der Waals surface area contributed by atoms with Crippen molar-refractivity contribution >= 4 is 21.7 Å². The Morgan fingerprint density at radius 2 is 2.35 bits per heavy atom. The van der Waals surface area contributed by atoms with Gasteiger partial charge in [-0.3, -0.25) is 0 Å². The highest BCUT2D eigenvalue weighted by atomic mass is 79.9. The van der Waals surface area contributed by atoms with E-state index >= 15 is 0 Å². The Balaban J connectivity index is 2.39. The van der Waals surface area contributed by atoms with Crippen LogP contribution in [-0.2, 0) is 4.74 Å². The Labute approximate surface area is 126 Å². The molecule has 1 aliphatic rings. The molecule has 0 radical (unpaired) electrons. The lowest BCUT2D eigenvalue weighted by atomic mass is 10.0. The summed E-state index contributed by atoms with van der Waals surface area (Å²) in [5.74, 6) is 0.857. The van der Waals surface area contributed by atoms with Gasteiger partial charge in [0.1, 0.15) is 5.82 Å². The SMILES string of the molecule is C=CCC(N=[N+]=[N-])c1cc(Br)cnc1N1CCOCC1. The Hall–Kier alpha value is -1.56. The number of nitrogens with zero attached hydrogens (tertiary/aromatic N) is 5. The summed E-state index contributed by atoms with van der Waals surface area (Å²) in [5.41, 5.74) is 9.67. The molecule has 2 heterocycles. The molecule has 1 saturated heterocycles. The quantitative estimate of drug-likeness (QED) is 0.356. The zero-order valence-electron chi connectivity index (χ0n) is 11.1. The number of ether oxygens (including phenoxy) is 1. The summed E-state index contributed by atoms with van der Waals surface area (Å²) in [7, 11) is 0. The molecule has 20 heavy (non-hydrogen) atoms. The van der Waals surface area contributed by atoms with Crippen molar-refractivity contribution in [3.05, 3.63) is 45.4 Å². The first-order valence-corrected chi connectivity index (χ1v) is 7.18. The largest absolute Gasteiger partial charge is 0.378 e. The lowest BCUT2D eigenvalue weighted by molar-refractivity contribution is 0.122. The highest BCUT2D eigenvalue weighted by Crippen LogP contribution is 2.32. The molecule has 6 nitrogen and oxygen atoms in total. The molecule has 0 spiro atoms. The van der Waals surface area contributed by atoms with Crippen LogP contribution in [0.5, 0.6) is 0 Å². The number of anilines is 1. The van der Waals surface area contributed by atoms with Crippen molar-refractivity contribution in [1.82, 2.24) is 4.98 Å². The number of hydrogen-bond acceptors (Lipinski definition) is 4. The molecule has 7 heteroatoms. The molecule has 0 saturated carbocycles. The third-order valence-corrected chi connectivity index (χ3v) is 3.55. The molecule has 1 atom stereocenters. The van der Waals surface area contributed by atoms with Crippen molar-refractivity contribution in [3.8, 4) is 0 Å². The summed E-state index contributed by atoms with van der Waals surface area (Å²) in [6.45, 7) is 6.68. The maximum absolute atomic E-state index is 8.75. The van der Waals surface area contributed by atoms with Crippen molar-refractivity contribution < 1.29 is 4.74 Å². The van der Waals surface area contributed by atoms with E-state index in [0.29, 0.717) is 19.6 Å². The second-order valence-corrected chi connectivity index (χ2v) is 5.33. The minimum Gasteiger partial charge on any atom is -0.378 e. The third kappa shape index (κ3) is 3.50. The summed E-state index contributed by atoms with van der Waals surface area (Å²) in [6, 6.07) is 1.67. The molecule has 0 amide bonds. The fourth-order valence-corrected chi connectivity index (χ4v) is 2.54. The van der Waals surface area contributed by atoms with Crippen LogP contribution in [0.1, 0.15) is 18.0 Å². The van der Waals surface area contributed by atoms with E-state index in [-0.39, 0.29) is 6.04 Å². The minimum absolute atomic E-state index is 0.291. The molecule has 106 valence electrons. The van der Waals surface area contributed by atoms with Gasteiger partial charge in [0.15, 0.2) is 0 Å². The first-order chi connectivity index (χ1) is 9.76. The predicted molar refractivity (Wildman–Crippen MR) is 81.7 cm³/mol. The van der Waals surface area contributed by atoms with Gasteiger partial charge < -0.3 is 9.64 Å². The normalized spacial score (nSPS) is 16.4. The molecule has 0 bridgehead atoms. The first kappa shape index (κ1) is 14.8. The zero-order chi connectivity index (χ0) is 14.4. The van der Waals surface area contributed by atoms with Gasteiger partial charge in [-0.05, 0) is 33.9 Å². The lowest BCUT2D eigenvalue weighted by Gasteiger charge is -2.30. The number of halogens is 1. The van der Waals surface area contributed by atoms with E-state index < -0.39 is 0 Å². The van der Waals surface area contributed by atoms with E-state index in [0.717, 1.165) is 28.9 Å². The predicted octanol–water partition coefficient (Wildman–Crippen LogP) is 3.61. The minimum atomic E-state index is -0.291. The van der Waals surface area contributed by atoms with Crippen LogP contribution in [-0.4, -0.2) is 31.3 Å². The van der Waals surface area contributed by atoms with Gasteiger partial charge in [-0.1, -0.05) is 11.2 Å². The summed E-state index contributed by atoms with van der Waals surface area (Å²) in [5, 5.41) is 3.87. The summed E-state index contributed by atoms with van der Waals surface area (Å²) in [4.78, 5) is 9.59. The summed E-state index contributed by atoms with van der Waals surface area (Å²) < 4.78 is 6.23. The fourth-order valence-electron chi connectivity index (χ4n) is 2.19. The monoisotopic (exact) mass is 337 g/mol. The van der Waals surface area contributed by atoms with Gasteiger partial charge in [0, 0.05) is 34.2 Å². The smallest absolute Gasteiger partial charge is 0.132 e. The van der Waals surface area contributed by atoms with Crippen LogP contribution in [0.2, 0.25) is 0 Å². The van der Waals surface area contributed by atoms with E-state index in [9.17, 15) is 0 Å². The van der Waals surface area contributed by atoms with Crippen molar-refractivity contribution in [1.29, 1.82) is 0 Å². The molecule has 0 aromatic carbocycles. The third-order valence-electron chi connectivity index (χ3n) is 3.11. The molecule has 2 rings (SSSR count). The summed E-state index contributed by atoms with van der Waals surface area (Å²) >= 11 is 3.42. The highest BCUT2D eigenvalue weighted by Gasteiger charge is 2.20. The maximum Gasteiger partial charge on any atom is 0.132 e. The number of morpholine rings is 1. The van der Waals surface area contributed by atoms with Crippen LogP contribution in [0.3, 0.4) is 0 Å². The second kappa shape index (κ2) is 7.28. The van der Waals surface area contributed by atoms with Gasteiger partial charge in [-0.2, -0.15) is 0 Å². The number of hydrogen-bond donors (Lipinski definition) is 0. The summed E-state index contributed by atoms with van der Waals surface area (Å²) in [6.07, 6.45) is 4.10. The molecule has 1 aromatic heterocycles. The second-order valence-electron chi connectivity index (χ2n) is 4.41. The number of pyridine rings is 1. The van der Waals surface area contributed by atoms with Gasteiger partial charge in [0.05, 0.1) is 19.3 Å². The van der Waals surface area contributed by atoms with E-state index in [1.165, 1.54) is 0 Å². The Kier molecular flexibility index (Phi) is 5.40. The van der Waals surface area contributed by atoms with Crippen molar-refractivity contribution in [2.75, 3.05) is 31.2 Å². The fraction of sp³-hybridized carbons (Fsp3) is 0.462. The molecule has 1 unspecified atom stereocenters. The van der Waals surface area contributed by atoms with Crippen LogP contribution in [0.15, 0.2) is 34.5 Å². The van der Waals surface area contributed by atoms with Crippen LogP contribution >= 0.6 is 15.9 Å². The Bertz CT molecular complexity index is 523. The van der Waals surface area contributed by atoms with Crippen molar-refractivity contribution in [2.45, 2.75) is 12.5 Å². The van der Waals surface area contributed by atoms with E-state index in [4.69, 9.17) is 10.3 Å². The molecule has 0 N–H and O–H groups in total. The average Bonchev–Trinajstić information content (AvgIpc) is 2.48. The van der Waals surface area contributed by atoms with E-state index in [1.807, 2.05) is 6.07 Å². The van der Waals surface area contributed by atoms with Gasteiger partial charge in [-0.15, -0.1) is 6.58 Å². The highest BCUT2D eigenvalue weighted by molar-refractivity contribution is 9.10. The number of rotatable bonds is 5. The molecule has 1 fully saturated rings. The van der Waals surface area contributed by atoms with Crippen LogP contribution < -0.4 is 4.90 Å². The van der Waals surface area contributed by atoms with Gasteiger partial charge >= 0.3 is 0 Å². The number of aromatic nitrogens is 1. The maximum atomic E-state index is 8.75. The molecule has 1 aliphatic heterocycles. The van der Waals surface area contributed by atoms with Crippen molar-refractivity contribution in [2.24, 2.45) is 5.11 Å². The van der Waals surface area contributed by atoms with E-state index in [2.05, 4.69) is 42.4 Å². The molecular formula is C13H16BrN5O. The van der Waals surface area contributed by atoms with Gasteiger partial charge in [-0.25, -0.2) is 4.98 Å². The Morgan fingerprint density at radius 1 is 1.60 bits per heavy atom. The van der Waals surface area contributed by atoms with Gasteiger partial charge in [0.2, 0.25) is 0 Å². The first-order valence-electron chi connectivity index (χ1n) is 6.39. The van der Waals surface area contributed by atoms with Crippen molar-refractivity contribution in [3.63, 3.8) is 0 Å². The topological polar surface area (TPSA) is 74.1 Å². The van der Waals surface area contributed by atoms with Gasteiger partial charge in [0.25, 0.3) is 0 Å². The zero-order valence-corrected chi connectivity index (χ0v) is 12.7. The van der Waals surface area contributed by atoms with Crippen LogP contribution in [0.25, 0.3) is 10.4 Å². The molecule has 0 aliphatic carbocycles. The lowest BCUT2D eigenvalue weighted by Crippen LogP contribution is -2.37. The van der Waals surface area contributed by atoms with Crippen LogP contribution in [0, 0.1) is 0 Å². The Morgan fingerprint density at radius 3 is 3.00 bits per heavy atom. The van der Waals surface area contributed by atoms with Crippen LogP contribution in [0.4, 0.5) is 5.82 Å². The standard InChI is InChI=1S/C13H16BrN5O/c1-2-3-12(17-18-15)11-8-10(14)9-16-13(11)19-4-6-20-7-5-19/h2,8-9,12H,1,3-7H2. The number of azide groups is 1. The molecular weight excluding hydrogens is 322 g/mol. The van der Waals surface area contributed by atoms with E-state index in [1.54, 1.807) is 12.3 Å². The molecule has 1 aromatic rings.